The van der Waals surface area contributed by atoms with E-state index in [1.54, 1.807) is 35.2 Å². The molecule has 0 atom stereocenters. The molecule has 1 N–H and O–H groups in total. The van der Waals surface area contributed by atoms with Gasteiger partial charge in [0.2, 0.25) is 5.91 Å². The maximum absolute atomic E-state index is 12.7. The van der Waals surface area contributed by atoms with Crippen LogP contribution in [0.5, 0.6) is 5.75 Å². The average Bonchev–Trinajstić information content (AvgIpc) is 3.13. The third-order valence-corrected chi connectivity index (χ3v) is 7.12. The van der Waals surface area contributed by atoms with E-state index in [1.807, 2.05) is 32.0 Å². The summed E-state index contributed by atoms with van der Waals surface area (Å²) >= 11 is 0.830. The van der Waals surface area contributed by atoms with E-state index in [-0.39, 0.29) is 29.9 Å². The van der Waals surface area contributed by atoms with Gasteiger partial charge in [-0.05, 0) is 91.9 Å². The summed E-state index contributed by atoms with van der Waals surface area (Å²) in [5, 5.41) is 2.37. The molecule has 36 heavy (non-hydrogen) atoms. The van der Waals surface area contributed by atoms with E-state index < -0.39 is 11.1 Å². The van der Waals surface area contributed by atoms with Crippen LogP contribution in [0.25, 0.3) is 6.08 Å². The van der Waals surface area contributed by atoms with E-state index >= 15 is 0 Å². The third-order valence-electron chi connectivity index (χ3n) is 6.21. The minimum atomic E-state index is -0.460. The van der Waals surface area contributed by atoms with Crippen LogP contribution in [0.15, 0.2) is 47.4 Å². The van der Waals surface area contributed by atoms with Gasteiger partial charge < -0.3 is 15.0 Å². The number of rotatable bonds is 7. The second kappa shape index (κ2) is 11.4. The first kappa shape index (κ1) is 25.5. The Balaban J connectivity index is 1.30. The number of ether oxygens (including phenoxy) is 1. The topological polar surface area (TPSA) is 96.0 Å². The predicted molar refractivity (Wildman–Crippen MR) is 140 cm³/mol. The molecule has 2 aliphatic rings. The van der Waals surface area contributed by atoms with Gasteiger partial charge in [-0.25, -0.2) is 0 Å². The van der Waals surface area contributed by atoms with Crippen molar-refractivity contribution in [2.24, 2.45) is 0 Å². The fourth-order valence-corrected chi connectivity index (χ4v) is 4.83. The Bertz CT molecular complexity index is 1200. The summed E-state index contributed by atoms with van der Waals surface area (Å²) in [6.45, 7) is 4.98. The molecular weight excluding hydrogens is 478 g/mol. The Morgan fingerprint density at radius 1 is 1.00 bits per heavy atom. The summed E-state index contributed by atoms with van der Waals surface area (Å²) in [6.07, 6.45) is 4.61. The lowest BCUT2D eigenvalue weighted by Crippen LogP contribution is -2.44. The molecule has 0 aromatic heterocycles. The number of amides is 4. The van der Waals surface area contributed by atoms with E-state index in [4.69, 9.17) is 4.74 Å². The summed E-state index contributed by atoms with van der Waals surface area (Å²) in [7, 11) is 0. The molecule has 2 fully saturated rings. The highest BCUT2D eigenvalue weighted by Crippen LogP contribution is 2.32. The maximum Gasteiger partial charge on any atom is 0.294 e. The van der Waals surface area contributed by atoms with E-state index in [2.05, 4.69) is 5.32 Å². The maximum atomic E-state index is 12.7. The van der Waals surface area contributed by atoms with Gasteiger partial charge in [0.1, 0.15) is 12.3 Å². The first-order valence-electron chi connectivity index (χ1n) is 11.9. The number of thioether (sulfide) groups is 1. The summed E-state index contributed by atoms with van der Waals surface area (Å²) in [6, 6.07) is 12.6. The van der Waals surface area contributed by atoms with Crippen LogP contribution in [0.3, 0.4) is 0 Å². The number of imide groups is 1. The number of hydrogen-bond donors (Lipinski definition) is 1. The van der Waals surface area contributed by atoms with Crippen molar-refractivity contribution in [1.29, 1.82) is 0 Å². The van der Waals surface area contributed by atoms with Gasteiger partial charge in [-0.1, -0.05) is 18.2 Å². The second-order valence-corrected chi connectivity index (χ2v) is 9.91. The molecule has 0 spiro atoms. The Hall–Kier alpha value is -3.59. The number of piperidine rings is 1. The molecule has 9 heteroatoms. The van der Waals surface area contributed by atoms with Gasteiger partial charge in [-0.3, -0.25) is 24.1 Å². The van der Waals surface area contributed by atoms with Crippen LogP contribution in [0.2, 0.25) is 0 Å². The summed E-state index contributed by atoms with van der Waals surface area (Å²) in [4.78, 5) is 52.8. The zero-order valence-electron chi connectivity index (χ0n) is 20.4. The lowest BCUT2D eigenvalue weighted by Gasteiger charge is -2.27. The van der Waals surface area contributed by atoms with E-state index in [0.29, 0.717) is 30.1 Å². The van der Waals surface area contributed by atoms with Gasteiger partial charge in [0.05, 0.1) is 4.91 Å². The summed E-state index contributed by atoms with van der Waals surface area (Å²) < 4.78 is 5.57. The standard InChI is InChI=1S/C27H29N3O5S/c1-18-6-9-21(14-19(18)2)28-24(31)17-35-22-10-7-20(8-11-22)15-23-26(33)30(27(34)36-23)16-25(32)29-12-4-3-5-13-29/h6-11,14-15H,3-5,12-13,16-17H2,1-2H3,(H,28,31)/b23-15-. The number of nitrogens with one attached hydrogen (secondary N) is 1. The van der Waals surface area contributed by atoms with E-state index in [1.165, 1.54) is 0 Å². The van der Waals surface area contributed by atoms with Crippen molar-refractivity contribution in [3.8, 4) is 5.75 Å². The Morgan fingerprint density at radius 3 is 2.42 bits per heavy atom. The van der Waals surface area contributed by atoms with Crippen LogP contribution < -0.4 is 10.1 Å². The molecule has 0 radical (unpaired) electrons. The monoisotopic (exact) mass is 507 g/mol. The molecule has 2 aromatic carbocycles. The minimum Gasteiger partial charge on any atom is -0.484 e. The average molecular weight is 508 g/mol. The van der Waals surface area contributed by atoms with Crippen molar-refractivity contribution in [1.82, 2.24) is 9.80 Å². The largest absolute Gasteiger partial charge is 0.484 e. The predicted octanol–water partition coefficient (Wildman–Crippen LogP) is 4.37. The van der Waals surface area contributed by atoms with Crippen molar-refractivity contribution in [2.75, 3.05) is 31.6 Å². The highest BCUT2D eigenvalue weighted by Gasteiger charge is 2.37. The van der Waals surface area contributed by atoms with Gasteiger partial charge in [-0.15, -0.1) is 0 Å². The van der Waals surface area contributed by atoms with Crippen molar-refractivity contribution < 1.29 is 23.9 Å². The fourth-order valence-electron chi connectivity index (χ4n) is 3.99. The van der Waals surface area contributed by atoms with Gasteiger partial charge in [0.15, 0.2) is 6.61 Å². The fraction of sp³-hybridized carbons (Fsp3) is 0.333. The molecular formula is C27H29N3O5S. The van der Waals surface area contributed by atoms with Crippen LogP contribution in [0.4, 0.5) is 10.5 Å². The lowest BCUT2D eigenvalue weighted by atomic mass is 10.1. The Labute approximate surface area is 214 Å². The van der Waals surface area contributed by atoms with Crippen molar-refractivity contribution in [3.63, 3.8) is 0 Å². The SMILES string of the molecule is Cc1ccc(NC(=O)COc2ccc(/C=C3\SC(=O)N(CC(=O)N4CCCCC4)C3=O)cc2)cc1C. The van der Waals surface area contributed by atoms with Gasteiger partial charge in [0.25, 0.3) is 17.1 Å². The highest BCUT2D eigenvalue weighted by atomic mass is 32.2. The van der Waals surface area contributed by atoms with Crippen LogP contribution >= 0.6 is 11.8 Å². The molecule has 0 aliphatic carbocycles. The third kappa shape index (κ3) is 6.34. The highest BCUT2D eigenvalue weighted by molar-refractivity contribution is 8.18. The lowest BCUT2D eigenvalue weighted by molar-refractivity contribution is -0.136. The molecule has 0 unspecified atom stereocenters. The Morgan fingerprint density at radius 2 is 1.72 bits per heavy atom. The first-order chi connectivity index (χ1) is 17.3. The van der Waals surface area contributed by atoms with Crippen molar-refractivity contribution >= 4 is 46.5 Å². The Kier molecular flexibility index (Phi) is 8.10. The quantitative estimate of drug-likeness (QED) is 0.559. The number of hydrogen-bond acceptors (Lipinski definition) is 6. The molecule has 8 nitrogen and oxygen atoms in total. The second-order valence-electron chi connectivity index (χ2n) is 8.91. The zero-order chi connectivity index (χ0) is 25.7. The number of aryl methyl sites for hydroxylation is 2. The normalized spacial score (nSPS) is 17.0. The molecule has 4 rings (SSSR count). The zero-order valence-corrected chi connectivity index (χ0v) is 21.2. The number of carbonyl (C=O) groups is 4. The summed E-state index contributed by atoms with van der Waals surface area (Å²) in [5.74, 6) is -0.419. The number of likely N-dealkylation sites (tertiary alicyclic amines) is 1. The smallest absolute Gasteiger partial charge is 0.294 e. The molecule has 4 amide bonds. The number of anilines is 1. The van der Waals surface area contributed by atoms with Gasteiger partial charge in [-0.2, -0.15) is 0 Å². The molecule has 2 heterocycles. The number of benzene rings is 2. The van der Waals surface area contributed by atoms with E-state index in [9.17, 15) is 19.2 Å². The molecule has 0 bridgehead atoms. The first-order valence-corrected chi connectivity index (χ1v) is 12.7. The number of carbonyl (C=O) groups excluding carboxylic acids is 4. The number of nitrogens with zero attached hydrogens (tertiary/aromatic N) is 2. The van der Waals surface area contributed by atoms with E-state index in [0.717, 1.165) is 47.1 Å². The van der Waals surface area contributed by atoms with Crippen LogP contribution in [0, 0.1) is 13.8 Å². The van der Waals surface area contributed by atoms with Crippen LogP contribution in [-0.4, -0.2) is 59.0 Å². The van der Waals surface area contributed by atoms with Gasteiger partial charge >= 0.3 is 0 Å². The summed E-state index contributed by atoms with van der Waals surface area (Å²) in [5.41, 5.74) is 3.67. The van der Waals surface area contributed by atoms with Gasteiger partial charge in [0, 0.05) is 18.8 Å². The van der Waals surface area contributed by atoms with Crippen LogP contribution in [-0.2, 0) is 14.4 Å². The molecule has 2 saturated heterocycles. The molecule has 188 valence electrons. The van der Waals surface area contributed by atoms with Crippen molar-refractivity contribution in [3.05, 3.63) is 64.1 Å². The molecule has 2 aliphatic heterocycles. The van der Waals surface area contributed by atoms with Crippen molar-refractivity contribution in [2.45, 2.75) is 33.1 Å². The molecule has 0 saturated carbocycles. The minimum absolute atomic E-state index is 0.143. The van der Waals surface area contributed by atoms with Crippen LogP contribution in [0.1, 0.15) is 36.0 Å². The molecule has 2 aromatic rings.